The van der Waals surface area contributed by atoms with Crippen LogP contribution in [0, 0.1) is 5.92 Å². The normalized spacial score (nSPS) is 13.9. The number of alkyl halides is 3. The summed E-state index contributed by atoms with van der Waals surface area (Å²) in [6, 6.07) is -0.648. The van der Waals surface area contributed by atoms with E-state index in [1.165, 1.54) is 6.33 Å². The number of rotatable bonds is 8. The van der Waals surface area contributed by atoms with Gasteiger partial charge in [0.1, 0.15) is 12.2 Å². The molecule has 1 unspecified atom stereocenters. The summed E-state index contributed by atoms with van der Waals surface area (Å²) in [5.41, 5.74) is 0. The first-order valence-corrected chi connectivity index (χ1v) is 6.98. The summed E-state index contributed by atoms with van der Waals surface area (Å²) in [5.74, 6) is 0.983. The van der Waals surface area contributed by atoms with Crippen LogP contribution in [-0.4, -0.2) is 33.5 Å². The zero-order valence-corrected chi connectivity index (χ0v) is 12.2. The van der Waals surface area contributed by atoms with Gasteiger partial charge in [0.05, 0.1) is 6.42 Å². The molecule has 1 heterocycles. The lowest BCUT2D eigenvalue weighted by atomic mass is 10.1. The molecule has 0 saturated heterocycles. The van der Waals surface area contributed by atoms with E-state index in [-0.39, 0.29) is 6.42 Å². The molecule has 116 valence electrons. The Bertz CT molecular complexity index is 387. The van der Waals surface area contributed by atoms with Crippen LogP contribution in [-0.2, 0) is 13.0 Å². The molecule has 0 aliphatic heterocycles. The van der Waals surface area contributed by atoms with Crippen LogP contribution in [0.3, 0.4) is 0 Å². The maximum absolute atomic E-state index is 12.6. The molecule has 0 aromatic carbocycles. The Balaban J connectivity index is 2.70. The second-order valence-corrected chi connectivity index (χ2v) is 5.43. The molecule has 1 rings (SSSR count). The van der Waals surface area contributed by atoms with Crippen molar-refractivity contribution < 1.29 is 13.2 Å². The Labute approximate surface area is 117 Å². The number of hydrogen-bond donors (Lipinski definition) is 1. The molecule has 0 bridgehead atoms. The van der Waals surface area contributed by atoms with Crippen molar-refractivity contribution >= 4 is 0 Å². The maximum atomic E-state index is 12.6. The zero-order chi connectivity index (χ0) is 15.2. The van der Waals surface area contributed by atoms with Crippen molar-refractivity contribution in [2.24, 2.45) is 5.92 Å². The van der Waals surface area contributed by atoms with Crippen LogP contribution in [0.25, 0.3) is 0 Å². The second kappa shape index (κ2) is 7.61. The van der Waals surface area contributed by atoms with Gasteiger partial charge in [0, 0.05) is 19.0 Å². The van der Waals surface area contributed by atoms with Gasteiger partial charge in [0.2, 0.25) is 0 Å². The fourth-order valence-corrected chi connectivity index (χ4v) is 2.01. The zero-order valence-electron chi connectivity index (χ0n) is 12.2. The number of hydrogen-bond acceptors (Lipinski definition) is 3. The number of nitrogens with zero attached hydrogens (tertiary/aromatic N) is 3. The molecule has 4 nitrogen and oxygen atoms in total. The molecule has 0 fully saturated rings. The van der Waals surface area contributed by atoms with Gasteiger partial charge in [0.15, 0.2) is 0 Å². The van der Waals surface area contributed by atoms with E-state index in [9.17, 15) is 13.2 Å². The highest BCUT2D eigenvalue weighted by molar-refractivity contribution is 4.91. The summed E-state index contributed by atoms with van der Waals surface area (Å²) in [6.45, 7) is 7.24. The lowest BCUT2D eigenvalue weighted by molar-refractivity contribution is -0.140. The van der Waals surface area contributed by atoms with Gasteiger partial charge in [-0.05, 0) is 18.9 Å². The van der Waals surface area contributed by atoms with E-state index < -0.39 is 18.6 Å². The first-order valence-electron chi connectivity index (χ1n) is 6.98. The van der Waals surface area contributed by atoms with Gasteiger partial charge in [0.25, 0.3) is 0 Å². The number of nitrogens with one attached hydrogen (secondary N) is 1. The van der Waals surface area contributed by atoms with Crippen molar-refractivity contribution in [3.05, 3.63) is 12.2 Å². The van der Waals surface area contributed by atoms with E-state index in [2.05, 4.69) is 15.4 Å². The highest BCUT2D eigenvalue weighted by Gasteiger charge is 2.32. The SMILES string of the molecule is CCCNC(Cc1ncnn1CC(C)C)CC(F)(F)F. The Morgan fingerprint density at radius 2 is 2.05 bits per heavy atom. The highest BCUT2D eigenvalue weighted by Crippen LogP contribution is 2.23. The quantitative estimate of drug-likeness (QED) is 0.801. The minimum absolute atomic E-state index is 0.242. The van der Waals surface area contributed by atoms with Gasteiger partial charge in [-0.2, -0.15) is 18.3 Å². The second-order valence-electron chi connectivity index (χ2n) is 5.43. The molecular weight excluding hydrogens is 269 g/mol. The van der Waals surface area contributed by atoms with Gasteiger partial charge in [-0.3, -0.25) is 0 Å². The monoisotopic (exact) mass is 292 g/mol. The Morgan fingerprint density at radius 3 is 2.60 bits per heavy atom. The molecule has 1 atom stereocenters. The van der Waals surface area contributed by atoms with Crippen LogP contribution in [0.5, 0.6) is 0 Å². The van der Waals surface area contributed by atoms with Crippen LogP contribution in [0.2, 0.25) is 0 Å². The van der Waals surface area contributed by atoms with Gasteiger partial charge in [-0.15, -0.1) is 0 Å². The summed E-state index contributed by atoms with van der Waals surface area (Å²) in [7, 11) is 0. The lowest BCUT2D eigenvalue weighted by Gasteiger charge is -2.20. The smallest absolute Gasteiger partial charge is 0.313 e. The minimum atomic E-state index is -4.17. The van der Waals surface area contributed by atoms with Crippen molar-refractivity contribution in [3.8, 4) is 0 Å². The number of halogens is 3. The van der Waals surface area contributed by atoms with Gasteiger partial charge in [-0.1, -0.05) is 20.8 Å². The van der Waals surface area contributed by atoms with Crippen molar-refractivity contribution in [1.82, 2.24) is 20.1 Å². The van der Waals surface area contributed by atoms with Crippen LogP contribution in [0.4, 0.5) is 13.2 Å². The van der Waals surface area contributed by atoms with Crippen molar-refractivity contribution in [2.75, 3.05) is 6.54 Å². The van der Waals surface area contributed by atoms with Crippen LogP contribution >= 0.6 is 0 Å². The Kier molecular flexibility index (Phi) is 6.45. The Morgan fingerprint density at radius 1 is 1.35 bits per heavy atom. The van der Waals surface area contributed by atoms with Gasteiger partial charge >= 0.3 is 6.18 Å². The van der Waals surface area contributed by atoms with E-state index in [0.29, 0.717) is 24.8 Å². The molecule has 0 radical (unpaired) electrons. The first-order chi connectivity index (χ1) is 9.31. The summed E-state index contributed by atoms with van der Waals surface area (Å²) in [4.78, 5) is 4.09. The predicted molar refractivity (Wildman–Crippen MR) is 71.3 cm³/mol. The Hall–Kier alpha value is -1.11. The molecular formula is C13H23F3N4. The molecule has 20 heavy (non-hydrogen) atoms. The molecule has 0 spiro atoms. The minimum Gasteiger partial charge on any atom is -0.313 e. The molecule has 1 N–H and O–H groups in total. The molecule has 0 amide bonds. The van der Waals surface area contributed by atoms with E-state index in [4.69, 9.17) is 0 Å². The fraction of sp³-hybridized carbons (Fsp3) is 0.846. The number of aromatic nitrogens is 3. The third-order valence-corrected chi connectivity index (χ3v) is 2.82. The topological polar surface area (TPSA) is 42.7 Å². The van der Waals surface area contributed by atoms with Crippen LogP contribution < -0.4 is 5.32 Å². The maximum Gasteiger partial charge on any atom is 0.390 e. The standard InChI is InChI=1S/C13H23F3N4/c1-4-5-17-11(7-13(14,15)16)6-12-18-9-19-20(12)8-10(2)3/h9-11,17H,4-8H2,1-3H3. The van der Waals surface area contributed by atoms with Crippen molar-refractivity contribution in [1.29, 1.82) is 0 Å². The lowest BCUT2D eigenvalue weighted by Crippen LogP contribution is -2.37. The van der Waals surface area contributed by atoms with Gasteiger partial charge < -0.3 is 5.32 Å². The summed E-state index contributed by atoms with van der Waals surface area (Å²) in [5, 5.41) is 7.03. The van der Waals surface area contributed by atoms with Crippen molar-refractivity contribution in [2.45, 2.75) is 58.8 Å². The molecule has 1 aromatic heterocycles. The van der Waals surface area contributed by atoms with E-state index in [0.717, 1.165) is 6.42 Å². The molecule has 7 heteroatoms. The fourth-order valence-electron chi connectivity index (χ4n) is 2.01. The molecule has 0 aliphatic carbocycles. The molecule has 1 aromatic rings. The predicted octanol–water partition coefficient (Wildman–Crippen LogP) is 2.80. The summed E-state index contributed by atoms with van der Waals surface area (Å²) >= 11 is 0. The summed E-state index contributed by atoms with van der Waals surface area (Å²) < 4.78 is 39.5. The average molecular weight is 292 g/mol. The average Bonchev–Trinajstić information content (AvgIpc) is 2.70. The van der Waals surface area contributed by atoms with Gasteiger partial charge in [-0.25, -0.2) is 9.67 Å². The van der Waals surface area contributed by atoms with Crippen LogP contribution in [0.1, 0.15) is 39.4 Å². The van der Waals surface area contributed by atoms with Crippen LogP contribution in [0.15, 0.2) is 6.33 Å². The highest BCUT2D eigenvalue weighted by atomic mass is 19.4. The third-order valence-electron chi connectivity index (χ3n) is 2.82. The van der Waals surface area contributed by atoms with E-state index in [1.807, 2.05) is 20.8 Å². The molecule has 0 saturated carbocycles. The van der Waals surface area contributed by atoms with E-state index >= 15 is 0 Å². The first kappa shape index (κ1) is 16.9. The molecule has 0 aliphatic rings. The van der Waals surface area contributed by atoms with E-state index in [1.54, 1.807) is 4.68 Å². The third kappa shape index (κ3) is 6.36. The summed E-state index contributed by atoms with van der Waals surface area (Å²) in [6.07, 6.45) is -2.57. The van der Waals surface area contributed by atoms with Crippen molar-refractivity contribution in [3.63, 3.8) is 0 Å². The largest absolute Gasteiger partial charge is 0.390 e.